The van der Waals surface area contributed by atoms with Gasteiger partial charge >= 0.3 is 0 Å². The Morgan fingerprint density at radius 2 is 2.31 bits per heavy atom. The summed E-state index contributed by atoms with van der Waals surface area (Å²) < 4.78 is 0. The summed E-state index contributed by atoms with van der Waals surface area (Å²) in [7, 11) is 0. The summed E-state index contributed by atoms with van der Waals surface area (Å²) in [5, 5.41) is 0. The molecule has 2 aliphatic carbocycles. The van der Waals surface area contributed by atoms with Crippen LogP contribution in [0.1, 0.15) is 58.3 Å². The molecule has 0 heterocycles. The van der Waals surface area contributed by atoms with Crippen molar-refractivity contribution in [1.29, 1.82) is 0 Å². The van der Waals surface area contributed by atoms with E-state index in [-0.39, 0.29) is 0 Å². The van der Waals surface area contributed by atoms with E-state index in [2.05, 4.69) is 18.8 Å². The molecule has 2 unspecified atom stereocenters. The first-order chi connectivity index (χ1) is 6.37. The summed E-state index contributed by atoms with van der Waals surface area (Å²) in [6.45, 7) is 2.25. The Balaban J connectivity index is 1.71. The van der Waals surface area contributed by atoms with Gasteiger partial charge in [0.05, 0.1) is 0 Å². The maximum atomic E-state index is 3.54. The zero-order valence-electron chi connectivity index (χ0n) is 8.73. The molecule has 2 rings (SSSR count). The molecule has 72 valence electrons. The lowest BCUT2D eigenvalue weighted by Crippen LogP contribution is -1.92. The third kappa shape index (κ3) is 1.90. The van der Waals surface area contributed by atoms with Crippen LogP contribution < -0.4 is 0 Å². The lowest BCUT2D eigenvalue weighted by atomic mass is 10.0. The smallest absolute Gasteiger partial charge is 0.0346 e. The highest BCUT2D eigenvalue weighted by atomic mass is 14.6. The lowest BCUT2D eigenvalue weighted by molar-refractivity contribution is 0.642. The predicted molar refractivity (Wildman–Crippen MR) is 56.3 cm³/mol. The van der Waals surface area contributed by atoms with Crippen LogP contribution in [0.25, 0.3) is 0 Å². The molecule has 0 radical (unpaired) electrons. The van der Waals surface area contributed by atoms with E-state index >= 15 is 0 Å². The maximum Gasteiger partial charge on any atom is 0.0346 e. The fourth-order valence-corrected chi connectivity index (χ4v) is 2.65. The Labute approximate surface area is 82.1 Å². The van der Waals surface area contributed by atoms with Crippen molar-refractivity contribution in [3.8, 4) is 11.8 Å². The standard InChI is InChI=1S/C13H20/c1-2-3-4-5-6-9-13-10-7-8-12(13)11-13/h12H,2-5,7-8,10-11H2,1H3. The molecule has 0 aromatic carbocycles. The first-order valence-corrected chi connectivity index (χ1v) is 5.87. The number of fused-ring (bicyclic) bond motifs is 1. The Bertz CT molecular complexity index is 230. The van der Waals surface area contributed by atoms with Crippen molar-refractivity contribution in [2.75, 3.05) is 0 Å². The quantitative estimate of drug-likeness (QED) is 0.453. The van der Waals surface area contributed by atoms with Gasteiger partial charge in [0.2, 0.25) is 0 Å². The molecule has 0 N–H and O–H groups in total. The van der Waals surface area contributed by atoms with Crippen LogP contribution in [0, 0.1) is 23.2 Å². The van der Waals surface area contributed by atoms with Gasteiger partial charge in [-0.3, -0.25) is 0 Å². The van der Waals surface area contributed by atoms with Crippen molar-refractivity contribution >= 4 is 0 Å². The van der Waals surface area contributed by atoms with Crippen LogP contribution in [0.4, 0.5) is 0 Å². The monoisotopic (exact) mass is 176 g/mol. The van der Waals surface area contributed by atoms with Crippen LogP contribution in [0.5, 0.6) is 0 Å². The Hall–Kier alpha value is -0.440. The maximum absolute atomic E-state index is 3.54. The summed E-state index contributed by atoms with van der Waals surface area (Å²) in [4.78, 5) is 0. The number of unbranched alkanes of at least 4 members (excludes halogenated alkanes) is 3. The van der Waals surface area contributed by atoms with Gasteiger partial charge in [0, 0.05) is 11.8 Å². The second-order valence-electron chi connectivity index (χ2n) is 4.71. The molecule has 0 spiro atoms. The van der Waals surface area contributed by atoms with Crippen molar-refractivity contribution in [3.63, 3.8) is 0 Å². The van der Waals surface area contributed by atoms with Gasteiger partial charge in [0.25, 0.3) is 0 Å². The first-order valence-electron chi connectivity index (χ1n) is 5.87. The van der Waals surface area contributed by atoms with Crippen LogP contribution >= 0.6 is 0 Å². The summed E-state index contributed by atoms with van der Waals surface area (Å²) >= 11 is 0. The molecule has 2 atom stereocenters. The summed E-state index contributed by atoms with van der Waals surface area (Å²) in [6.07, 6.45) is 10.8. The molecule has 0 bridgehead atoms. The largest absolute Gasteiger partial charge is 0.103 e. The molecule has 0 nitrogen and oxygen atoms in total. The Kier molecular flexibility index (Phi) is 2.63. The van der Waals surface area contributed by atoms with E-state index in [1.165, 1.54) is 44.9 Å². The summed E-state index contributed by atoms with van der Waals surface area (Å²) in [6, 6.07) is 0. The SMILES string of the molecule is CCCCCC#CC12CCCC1C2. The van der Waals surface area contributed by atoms with Gasteiger partial charge in [-0.25, -0.2) is 0 Å². The van der Waals surface area contributed by atoms with Gasteiger partial charge in [-0.05, 0) is 31.6 Å². The fourth-order valence-electron chi connectivity index (χ4n) is 2.65. The highest BCUT2D eigenvalue weighted by molar-refractivity contribution is 5.25. The second kappa shape index (κ2) is 3.74. The fraction of sp³-hybridized carbons (Fsp3) is 0.846. The topological polar surface area (TPSA) is 0 Å². The molecule has 0 aromatic rings. The average Bonchev–Trinajstić information content (AvgIpc) is 2.69. The van der Waals surface area contributed by atoms with E-state index in [1.807, 2.05) is 0 Å². The molecule has 2 saturated carbocycles. The van der Waals surface area contributed by atoms with Crippen molar-refractivity contribution in [3.05, 3.63) is 0 Å². The van der Waals surface area contributed by atoms with Gasteiger partial charge in [-0.2, -0.15) is 0 Å². The van der Waals surface area contributed by atoms with Gasteiger partial charge in [0.15, 0.2) is 0 Å². The minimum atomic E-state index is 0.548. The van der Waals surface area contributed by atoms with E-state index in [9.17, 15) is 0 Å². The number of hydrogen-bond acceptors (Lipinski definition) is 0. The molecule has 0 heteroatoms. The van der Waals surface area contributed by atoms with Crippen LogP contribution in [0.15, 0.2) is 0 Å². The highest BCUT2D eigenvalue weighted by Gasteiger charge is 2.55. The van der Waals surface area contributed by atoms with Gasteiger partial charge in [-0.1, -0.05) is 32.1 Å². The van der Waals surface area contributed by atoms with E-state index in [1.54, 1.807) is 0 Å². The normalized spacial score (nSPS) is 35.0. The van der Waals surface area contributed by atoms with Crippen molar-refractivity contribution in [2.24, 2.45) is 11.3 Å². The van der Waals surface area contributed by atoms with E-state index in [0.717, 1.165) is 12.3 Å². The molecular weight excluding hydrogens is 156 g/mol. The second-order valence-corrected chi connectivity index (χ2v) is 4.71. The van der Waals surface area contributed by atoms with Crippen LogP contribution in [-0.4, -0.2) is 0 Å². The van der Waals surface area contributed by atoms with Crippen molar-refractivity contribution in [1.82, 2.24) is 0 Å². The zero-order chi connectivity index (χ0) is 9.15. The Morgan fingerprint density at radius 1 is 1.38 bits per heavy atom. The number of rotatable bonds is 3. The minimum Gasteiger partial charge on any atom is -0.103 e. The van der Waals surface area contributed by atoms with Crippen LogP contribution in [0.2, 0.25) is 0 Å². The van der Waals surface area contributed by atoms with Gasteiger partial charge in [0.1, 0.15) is 0 Å². The average molecular weight is 176 g/mol. The van der Waals surface area contributed by atoms with Crippen LogP contribution in [-0.2, 0) is 0 Å². The van der Waals surface area contributed by atoms with Gasteiger partial charge < -0.3 is 0 Å². The third-order valence-electron chi connectivity index (χ3n) is 3.65. The minimum absolute atomic E-state index is 0.548. The highest BCUT2D eigenvalue weighted by Crippen LogP contribution is 2.63. The van der Waals surface area contributed by atoms with Crippen molar-refractivity contribution < 1.29 is 0 Å². The molecule has 0 amide bonds. The third-order valence-corrected chi connectivity index (χ3v) is 3.65. The molecule has 0 aliphatic heterocycles. The molecule has 2 aliphatic rings. The molecular formula is C13H20. The van der Waals surface area contributed by atoms with E-state index < -0.39 is 0 Å². The Morgan fingerprint density at radius 3 is 2.92 bits per heavy atom. The van der Waals surface area contributed by atoms with E-state index in [4.69, 9.17) is 0 Å². The zero-order valence-corrected chi connectivity index (χ0v) is 8.73. The summed E-state index contributed by atoms with van der Waals surface area (Å²) in [5.74, 6) is 7.94. The van der Waals surface area contributed by atoms with E-state index in [0.29, 0.717) is 5.41 Å². The predicted octanol–water partition coefficient (Wildman–Crippen LogP) is 3.76. The molecule has 13 heavy (non-hydrogen) atoms. The number of hydrogen-bond donors (Lipinski definition) is 0. The summed E-state index contributed by atoms with van der Waals surface area (Å²) in [5.41, 5.74) is 0.548. The molecule has 0 aromatic heterocycles. The molecule has 2 fully saturated rings. The van der Waals surface area contributed by atoms with Crippen LogP contribution in [0.3, 0.4) is 0 Å². The molecule has 0 saturated heterocycles. The lowest BCUT2D eigenvalue weighted by Gasteiger charge is -1.98. The van der Waals surface area contributed by atoms with Crippen molar-refractivity contribution in [2.45, 2.75) is 58.3 Å². The van der Waals surface area contributed by atoms with Gasteiger partial charge in [-0.15, -0.1) is 5.92 Å². The first kappa shape index (κ1) is 9.13.